The van der Waals surface area contributed by atoms with E-state index in [2.05, 4.69) is 0 Å². The van der Waals surface area contributed by atoms with E-state index in [0.29, 0.717) is 0 Å². The molecule has 0 radical (unpaired) electrons. The summed E-state index contributed by atoms with van der Waals surface area (Å²) in [6.45, 7) is -0.797. The maximum atomic E-state index is 14.6. The van der Waals surface area contributed by atoms with E-state index >= 15 is 0 Å². The number of hydrogen-bond acceptors (Lipinski definition) is 9. The van der Waals surface area contributed by atoms with E-state index in [1.165, 1.54) is 0 Å². The predicted octanol–water partition coefficient (Wildman–Crippen LogP) is 3.00. The Morgan fingerprint density at radius 2 is 1.40 bits per heavy atom. The molecule has 0 amide bonds. The van der Waals surface area contributed by atoms with Gasteiger partial charge in [-0.2, -0.15) is 0 Å². The lowest BCUT2D eigenvalue weighted by Gasteiger charge is -2.41. The Bertz CT molecular complexity index is 1970. The number of rotatable bonds is 2. The zero-order valence-electron chi connectivity index (χ0n) is 19.7. The van der Waals surface area contributed by atoms with Crippen LogP contribution in [0.5, 0.6) is 0 Å². The van der Waals surface area contributed by atoms with Crippen LogP contribution < -0.4 is 0 Å². The molecule has 5 atom stereocenters. The van der Waals surface area contributed by atoms with E-state index in [-0.39, 0.29) is 53.1 Å². The molecule has 206 valence electrons. The SMILES string of the molecule is O=C1OC(=O)c2c1c1c3cc(F)c(F)cc3sc1c1c2c2cc(F)c(F)cc2n1[C@@H]1O[C@H](CO)[C@@H](O)[C@H](O)[C@H]1O. The van der Waals surface area contributed by atoms with Gasteiger partial charge in [0.2, 0.25) is 0 Å². The molecule has 2 aliphatic heterocycles. The van der Waals surface area contributed by atoms with E-state index in [1.54, 1.807) is 0 Å². The number of aromatic nitrogens is 1. The van der Waals surface area contributed by atoms with Crippen LogP contribution in [0.3, 0.4) is 0 Å². The van der Waals surface area contributed by atoms with E-state index in [4.69, 9.17) is 9.47 Å². The topological polar surface area (TPSA) is 138 Å². The Morgan fingerprint density at radius 1 is 0.800 bits per heavy atom. The molecule has 3 aromatic carbocycles. The quantitative estimate of drug-likeness (QED) is 0.143. The summed E-state index contributed by atoms with van der Waals surface area (Å²) in [4.78, 5) is 25.9. The zero-order valence-corrected chi connectivity index (χ0v) is 20.5. The van der Waals surface area contributed by atoms with Crippen molar-refractivity contribution in [1.29, 1.82) is 0 Å². The normalized spacial score (nSPS) is 25.1. The van der Waals surface area contributed by atoms with Gasteiger partial charge in [-0.1, -0.05) is 0 Å². The Morgan fingerprint density at radius 3 is 2.08 bits per heavy atom. The fraction of sp³-hybridized carbons (Fsp3) is 0.231. The van der Waals surface area contributed by atoms with Gasteiger partial charge in [-0.05, 0) is 18.2 Å². The molecule has 0 bridgehead atoms. The molecule has 14 heteroatoms. The Hall–Kier alpha value is -3.66. The van der Waals surface area contributed by atoms with Crippen molar-refractivity contribution in [2.75, 3.05) is 6.61 Å². The highest BCUT2D eigenvalue weighted by Crippen LogP contribution is 2.50. The number of aliphatic hydroxyl groups excluding tert-OH is 4. The van der Waals surface area contributed by atoms with E-state index < -0.39 is 72.5 Å². The maximum absolute atomic E-state index is 14.6. The van der Waals surface area contributed by atoms with Gasteiger partial charge in [0.05, 0.1) is 33.5 Å². The fourth-order valence-corrected chi connectivity index (χ4v) is 6.96. The van der Waals surface area contributed by atoms with Gasteiger partial charge in [-0.15, -0.1) is 11.3 Å². The molecule has 1 fully saturated rings. The maximum Gasteiger partial charge on any atom is 0.347 e. The summed E-state index contributed by atoms with van der Waals surface area (Å²) in [6, 6.07) is 3.24. The number of esters is 2. The summed E-state index contributed by atoms with van der Waals surface area (Å²) < 4.78 is 69.8. The summed E-state index contributed by atoms with van der Waals surface area (Å²) in [5.41, 5.74) is -0.833. The van der Waals surface area contributed by atoms with Gasteiger partial charge < -0.3 is 34.5 Å². The number of carbonyl (C=O) groups is 2. The first kappa shape index (κ1) is 25.3. The number of nitrogens with zero attached hydrogens (tertiary/aromatic N) is 1. The summed E-state index contributed by atoms with van der Waals surface area (Å²) in [6.07, 6.45) is -8.57. The molecule has 0 aliphatic carbocycles. The summed E-state index contributed by atoms with van der Waals surface area (Å²) in [5.74, 6) is -7.29. The van der Waals surface area contributed by atoms with Crippen molar-refractivity contribution in [3.63, 3.8) is 0 Å². The Kier molecular flexibility index (Phi) is 5.33. The third kappa shape index (κ3) is 3.14. The minimum absolute atomic E-state index is 0.00755. The minimum Gasteiger partial charge on any atom is -0.394 e. The molecular weight excluding hydrogens is 562 g/mol. The van der Waals surface area contributed by atoms with Crippen LogP contribution >= 0.6 is 11.3 Å². The number of aliphatic hydroxyl groups is 4. The van der Waals surface area contributed by atoms with Crippen molar-refractivity contribution in [2.45, 2.75) is 30.6 Å². The molecule has 2 aromatic heterocycles. The molecule has 0 spiro atoms. The van der Waals surface area contributed by atoms with Gasteiger partial charge >= 0.3 is 11.9 Å². The third-order valence-electron chi connectivity index (χ3n) is 7.46. The van der Waals surface area contributed by atoms with Gasteiger partial charge in [-0.3, -0.25) is 0 Å². The summed E-state index contributed by atoms with van der Waals surface area (Å²) in [7, 11) is 0. The molecular formula is C26H15F4NO8S. The molecule has 0 unspecified atom stereocenters. The van der Waals surface area contributed by atoms with Crippen LogP contribution in [0.25, 0.3) is 42.0 Å². The largest absolute Gasteiger partial charge is 0.394 e. The minimum atomic E-state index is -1.90. The van der Waals surface area contributed by atoms with Crippen molar-refractivity contribution in [3.8, 4) is 0 Å². The number of fused-ring (bicyclic) bond motifs is 10. The second kappa shape index (κ2) is 8.42. The van der Waals surface area contributed by atoms with Crippen LogP contribution in [-0.2, 0) is 9.47 Å². The molecule has 1 saturated heterocycles. The summed E-state index contributed by atoms with van der Waals surface area (Å²) in [5, 5.41) is 41.3. The predicted molar refractivity (Wildman–Crippen MR) is 131 cm³/mol. The first-order chi connectivity index (χ1) is 19.0. The first-order valence-electron chi connectivity index (χ1n) is 11.8. The first-order valence-corrected chi connectivity index (χ1v) is 12.6. The second-order valence-electron chi connectivity index (χ2n) is 9.59. The molecule has 7 rings (SSSR count). The van der Waals surface area contributed by atoms with E-state index in [9.17, 15) is 47.6 Å². The number of ether oxygens (including phenoxy) is 2. The van der Waals surface area contributed by atoms with Crippen molar-refractivity contribution < 1.29 is 57.1 Å². The number of cyclic esters (lactones) is 2. The van der Waals surface area contributed by atoms with Crippen molar-refractivity contribution in [3.05, 3.63) is 58.7 Å². The number of benzene rings is 3. The second-order valence-corrected chi connectivity index (χ2v) is 10.6. The monoisotopic (exact) mass is 577 g/mol. The van der Waals surface area contributed by atoms with Crippen molar-refractivity contribution in [1.82, 2.24) is 4.57 Å². The van der Waals surface area contributed by atoms with Crippen LogP contribution in [0.15, 0.2) is 24.3 Å². The van der Waals surface area contributed by atoms with E-state index in [1.807, 2.05) is 0 Å². The van der Waals surface area contributed by atoms with Crippen molar-refractivity contribution >= 4 is 65.3 Å². The highest BCUT2D eigenvalue weighted by Gasteiger charge is 2.46. The van der Waals surface area contributed by atoms with Gasteiger partial charge in [0.25, 0.3) is 0 Å². The average Bonchev–Trinajstić information content (AvgIpc) is 3.52. The number of hydrogen-bond donors (Lipinski definition) is 4. The molecule has 5 aromatic rings. The van der Waals surface area contributed by atoms with Crippen LogP contribution in [0.2, 0.25) is 0 Å². The average molecular weight is 577 g/mol. The number of carbonyl (C=O) groups excluding carboxylic acids is 2. The molecule has 9 nitrogen and oxygen atoms in total. The highest BCUT2D eigenvalue weighted by molar-refractivity contribution is 7.26. The lowest BCUT2D eigenvalue weighted by Crippen LogP contribution is -2.56. The number of halogens is 4. The lowest BCUT2D eigenvalue weighted by atomic mass is 9.96. The fourth-order valence-electron chi connectivity index (χ4n) is 5.69. The number of thiophene rings is 1. The Balaban J connectivity index is 1.74. The van der Waals surface area contributed by atoms with Crippen LogP contribution in [0.4, 0.5) is 17.6 Å². The lowest BCUT2D eigenvalue weighted by molar-refractivity contribution is -0.249. The van der Waals surface area contributed by atoms with Gasteiger partial charge in [-0.25, -0.2) is 27.2 Å². The Labute approximate surface area is 223 Å². The molecule has 4 heterocycles. The third-order valence-corrected chi connectivity index (χ3v) is 8.62. The smallest absolute Gasteiger partial charge is 0.347 e. The molecule has 4 N–H and O–H groups in total. The molecule has 2 aliphatic rings. The molecule has 0 saturated carbocycles. The van der Waals surface area contributed by atoms with Crippen LogP contribution in [0.1, 0.15) is 26.9 Å². The highest BCUT2D eigenvalue weighted by atomic mass is 32.1. The van der Waals surface area contributed by atoms with Gasteiger partial charge in [0.1, 0.15) is 24.4 Å². The standard InChI is InChI=1S/C26H15F4NO8S/c27-8-1-6-12(3-10(8)29)31(24-22(35)21(34)20(33)13(5-32)38-24)19-15(6)17-18(26(37)39-25(17)36)16-7-2-9(28)11(30)4-14(7)40-23(16)19/h1-4,13,20-22,24,32-35H,5H2/t13-,20-,21+,22-,24-/m1/s1. The van der Waals surface area contributed by atoms with Gasteiger partial charge in [0, 0.05) is 32.3 Å². The van der Waals surface area contributed by atoms with E-state index in [0.717, 1.165) is 40.2 Å². The van der Waals surface area contributed by atoms with Crippen LogP contribution in [-0.4, -0.2) is 68.0 Å². The van der Waals surface area contributed by atoms with Crippen LogP contribution in [0, 0.1) is 23.3 Å². The van der Waals surface area contributed by atoms with Gasteiger partial charge in [0.15, 0.2) is 29.5 Å². The summed E-state index contributed by atoms with van der Waals surface area (Å²) >= 11 is 0.862. The molecule has 40 heavy (non-hydrogen) atoms. The van der Waals surface area contributed by atoms with Crippen molar-refractivity contribution in [2.24, 2.45) is 0 Å². The zero-order chi connectivity index (χ0) is 28.4.